The van der Waals surface area contributed by atoms with Crippen molar-refractivity contribution < 1.29 is 4.92 Å². The molecule has 1 N–H and O–H groups in total. The maximum atomic E-state index is 10.7. The zero-order valence-corrected chi connectivity index (χ0v) is 12.7. The first kappa shape index (κ1) is 15.3. The Morgan fingerprint density at radius 2 is 2.21 bits per heavy atom. The summed E-state index contributed by atoms with van der Waals surface area (Å²) in [5.74, 6) is 1.08. The van der Waals surface area contributed by atoms with Gasteiger partial charge in [0, 0.05) is 30.0 Å². The van der Waals surface area contributed by atoms with Crippen molar-refractivity contribution in [3.05, 3.63) is 70.3 Å². The largest absolute Gasteiger partial charge is 0.270 e. The Bertz CT molecular complexity index is 904. The first-order valence-corrected chi connectivity index (χ1v) is 6.99. The number of nitro groups is 1. The predicted octanol–water partition coefficient (Wildman–Crippen LogP) is 2.32. The van der Waals surface area contributed by atoms with Gasteiger partial charge in [0.15, 0.2) is 11.6 Å². The minimum Gasteiger partial charge on any atom is -0.261 e. The number of hydrogen-bond donors (Lipinski definition) is 1. The molecule has 0 aliphatic carbocycles. The topological polar surface area (TPSA) is 111 Å². The highest BCUT2D eigenvalue weighted by Crippen LogP contribution is 2.12. The second kappa shape index (κ2) is 6.65. The lowest BCUT2D eigenvalue weighted by atomic mass is 10.2. The molecule has 9 heteroatoms. The molecule has 3 aromatic rings. The molecule has 0 amide bonds. The number of rotatable bonds is 5. The normalized spacial score (nSPS) is 10.9. The summed E-state index contributed by atoms with van der Waals surface area (Å²) in [5.41, 5.74) is 4.40. The molecule has 0 fully saturated rings. The van der Waals surface area contributed by atoms with Gasteiger partial charge < -0.3 is 0 Å². The molecule has 0 aliphatic rings. The highest BCUT2D eigenvalue weighted by atomic mass is 16.6. The van der Waals surface area contributed by atoms with Crippen LogP contribution in [-0.4, -0.2) is 30.9 Å². The van der Waals surface area contributed by atoms with Crippen molar-refractivity contribution in [2.24, 2.45) is 5.10 Å². The Kier molecular flexibility index (Phi) is 4.23. The number of nitrogens with one attached hydrogen (secondary N) is 1. The minimum atomic E-state index is -0.451. The van der Waals surface area contributed by atoms with E-state index < -0.39 is 4.92 Å². The smallest absolute Gasteiger partial charge is 0.261 e. The van der Waals surface area contributed by atoms with E-state index >= 15 is 0 Å². The van der Waals surface area contributed by atoms with Gasteiger partial charge in [-0.15, -0.1) is 0 Å². The van der Waals surface area contributed by atoms with Crippen LogP contribution in [0.2, 0.25) is 0 Å². The Hall–Kier alpha value is -3.62. The van der Waals surface area contributed by atoms with E-state index in [-0.39, 0.29) is 5.69 Å². The van der Waals surface area contributed by atoms with Crippen LogP contribution < -0.4 is 5.43 Å². The summed E-state index contributed by atoms with van der Waals surface area (Å²) >= 11 is 0. The van der Waals surface area contributed by atoms with E-state index in [0.717, 1.165) is 5.56 Å². The Balaban J connectivity index is 1.73. The molecule has 120 valence electrons. The van der Waals surface area contributed by atoms with Gasteiger partial charge in [0.05, 0.1) is 17.3 Å². The van der Waals surface area contributed by atoms with E-state index in [1.165, 1.54) is 24.7 Å². The van der Waals surface area contributed by atoms with Crippen molar-refractivity contribution in [3.8, 4) is 5.82 Å². The van der Waals surface area contributed by atoms with Gasteiger partial charge in [0.1, 0.15) is 6.33 Å². The van der Waals surface area contributed by atoms with Crippen molar-refractivity contribution in [1.29, 1.82) is 0 Å². The Morgan fingerprint density at radius 3 is 2.96 bits per heavy atom. The highest BCUT2D eigenvalue weighted by Gasteiger charge is 2.04. The molecular weight excluding hydrogens is 310 g/mol. The third-order valence-corrected chi connectivity index (χ3v) is 3.07. The molecule has 24 heavy (non-hydrogen) atoms. The molecule has 0 unspecified atom stereocenters. The van der Waals surface area contributed by atoms with Crippen LogP contribution in [0.15, 0.2) is 54.2 Å². The zero-order chi connectivity index (χ0) is 16.9. The molecule has 0 saturated carbocycles. The van der Waals surface area contributed by atoms with E-state index in [1.807, 2.05) is 13.1 Å². The maximum Gasteiger partial charge on any atom is 0.270 e. The van der Waals surface area contributed by atoms with Gasteiger partial charge in [0.25, 0.3) is 5.69 Å². The van der Waals surface area contributed by atoms with Crippen molar-refractivity contribution in [3.63, 3.8) is 0 Å². The van der Waals surface area contributed by atoms with Crippen molar-refractivity contribution >= 4 is 17.7 Å². The third-order valence-electron chi connectivity index (χ3n) is 3.07. The molecule has 3 rings (SSSR count). The van der Waals surface area contributed by atoms with Crippen LogP contribution in [0.3, 0.4) is 0 Å². The lowest BCUT2D eigenvalue weighted by Crippen LogP contribution is -2.01. The first-order chi connectivity index (χ1) is 11.6. The van der Waals surface area contributed by atoms with Crippen molar-refractivity contribution in [2.75, 3.05) is 5.43 Å². The molecule has 2 heterocycles. The fourth-order valence-corrected chi connectivity index (χ4v) is 1.96. The molecular formula is C15H13N7O2. The Morgan fingerprint density at radius 1 is 1.33 bits per heavy atom. The molecule has 9 nitrogen and oxygen atoms in total. The summed E-state index contributed by atoms with van der Waals surface area (Å²) in [5, 5.41) is 19.0. The van der Waals surface area contributed by atoms with Gasteiger partial charge in [-0.1, -0.05) is 12.1 Å². The van der Waals surface area contributed by atoms with Crippen LogP contribution in [0.4, 0.5) is 11.5 Å². The molecule has 0 bridgehead atoms. The zero-order valence-electron chi connectivity index (χ0n) is 12.7. The van der Waals surface area contributed by atoms with E-state index in [9.17, 15) is 10.1 Å². The summed E-state index contributed by atoms with van der Waals surface area (Å²) in [6.45, 7) is 1.94. The maximum absolute atomic E-state index is 10.7. The van der Waals surface area contributed by atoms with Gasteiger partial charge in [-0.05, 0) is 12.5 Å². The molecule has 0 saturated heterocycles. The number of aryl methyl sites for hydroxylation is 1. The minimum absolute atomic E-state index is 0.0114. The Labute approximate surface area is 136 Å². The van der Waals surface area contributed by atoms with Gasteiger partial charge in [-0.2, -0.15) is 10.2 Å². The van der Waals surface area contributed by atoms with Crippen LogP contribution in [-0.2, 0) is 0 Å². The third kappa shape index (κ3) is 3.58. The second-order valence-corrected chi connectivity index (χ2v) is 4.95. The number of benzene rings is 1. The van der Waals surface area contributed by atoms with E-state index in [2.05, 4.69) is 25.6 Å². The monoisotopic (exact) mass is 323 g/mol. The molecule has 0 aliphatic heterocycles. The van der Waals surface area contributed by atoms with Crippen LogP contribution >= 0.6 is 0 Å². The predicted molar refractivity (Wildman–Crippen MR) is 88.2 cm³/mol. The van der Waals surface area contributed by atoms with Crippen molar-refractivity contribution in [2.45, 2.75) is 6.92 Å². The number of nitro benzene ring substituents is 1. The number of hydrazone groups is 1. The van der Waals surface area contributed by atoms with Crippen LogP contribution in [0.25, 0.3) is 5.82 Å². The summed E-state index contributed by atoms with van der Waals surface area (Å²) < 4.78 is 1.63. The number of nitrogens with zero attached hydrogens (tertiary/aromatic N) is 6. The van der Waals surface area contributed by atoms with Gasteiger partial charge >= 0.3 is 0 Å². The number of non-ortho nitro benzene ring substituents is 1. The lowest BCUT2D eigenvalue weighted by Gasteiger charge is -2.02. The van der Waals surface area contributed by atoms with Crippen LogP contribution in [0.1, 0.15) is 11.1 Å². The number of hydrogen-bond acceptors (Lipinski definition) is 7. The molecule has 1 aromatic carbocycles. The lowest BCUT2D eigenvalue weighted by molar-refractivity contribution is -0.384. The summed E-state index contributed by atoms with van der Waals surface area (Å²) in [6.07, 6.45) is 6.46. The number of aromatic nitrogens is 4. The quantitative estimate of drug-likeness (QED) is 0.438. The van der Waals surface area contributed by atoms with Gasteiger partial charge in [-0.25, -0.2) is 14.6 Å². The van der Waals surface area contributed by atoms with E-state index in [0.29, 0.717) is 17.2 Å². The molecule has 2 aromatic heterocycles. The summed E-state index contributed by atoms with van der Waals surface area (Å²) in [6, 6.07) is 7.87. The number of anilines is 1. The first-order valence-electron chi connectivity index (χ1n) is 6.99. The fraction of sp³-hybridized carbons (Fsp3) is 0.0667. The SMILES string of the molecule is Cc1cnn(-c2cc(N/N=C\c3cccc([N+](=O)[O-])c3)ncn2)c1. The van der Waals surface area contributed by atoms with Crippen LogP contribution in [0, 0.1) is 17.0 Å². The average molecular weight is 323 g/mol. The highest BCUT2D eigenvalue weighted by molar-refractivity contribution is 5.81. The van der Waals surface area contributed by atoms with Gasteiger partial charge in [-0.3, -0.25) is 15.5 Å². The molecule has 0 radical (unpaired) electrons. The second-order valence-electron chi connectivity index (χ2n) is 4.95. The van der Waals surface area contributed by atoms with E-state index in [1.54, 1.807) is 29.1 Å². The average Bonchev–Trinajstić information content (AvgIpc) is 3.02. The van der Waals surface area contributed by atoms with Crippen molar-refractivity contribution in [1.82, 2.24) is 19.7 Å². The molecule has 0 atom stereocenters. The van der Waals surface area contributed by atoms with Crippen LogP contribution in [0.5, 0.6) is 0 Å². The molecule has 0 spiro atoms. The van der Waals surface area contributed by atoms with E-state index in [4.69, 9.17) is 0 Å². The van der Waals surface area contributed by atoms with Gasteiger partial charge in [0.2, 0.25) is 0 Å². The summed E-state index contributed by atoms with van der Waals surface area (Å²) in [7, 11) is 0. The standard InChI is InChI=1S/C15H13N7O2/c1-11-7-19-21(9-11)15-6-14(16-10-17-15)20-18-8-12-3-2-4-13(5-12)22(23)24/h2-10H,1H3,(H,16,17,20)/b18-8-. The summed E-state index contributed by atoms with van der Waals surface area (Å²) in [4.78, 5) is 18.5. The fourth-order valence-electron chi connectivity index (χ4n) is 1.96.